The Bertz CT molecular complexity index is 983. The van der Waals surface area contributed by atoms with Gasteiger partial charge in [0.15, 0.2) is 5.13 Å². The van der Waals surface area contributed by atoms with Gasteiger partial charge in [0, 0.05) is 5.56 Å². The molecule has 0 unspecified atom stereocenters. The van der Waals surface area contributed by atoms with Gasteiger partial charge in [0.05, 0.1) is 29.5 Å². The SMILES string of the molecule is CCCCCOc1cccc(C(=O)Nc2nc3ccc(C(=O)OC)cc3s2)c1. The van der Waals surface area contributed by atoms with Crippen molar-refractivity contribution < 1.29 is 19.1 Å². The van der Waals surface area contributed by atoms with Gasteiger partial charge in [-0.2, -0.15) is 0 Å². The van der Waals surface area contributed by atoms with Gasteiger partial charge in [-0.15, -0.1) is 0 Å². The molecule has 0 bridgehead atoms. The molecule has 0 fully saturated rings. The number of amides is 1. The number of rotatable bonds is 8. The van der Waals surface area contributed by atoms with Crippen molar-refractivity contribution in [2.75, 3.05) is 19.0 Å². The molecule has 2 aromatic carbocycles. The number of ether oxygens (including phenoxy) is 2. The molecule has 0 saturated heterocycles. The lowest BCUT2D eigenvalue weighted by Gasteiger charge is -2.07. The first-order valence-electron chi connectivity index (χ1n) is 9.14. The molecular weight excluding hydrogens is 376 g/mol. The minimum atomic E-state index is -0.406. The van der Waals surface area contributed by atoms with E-state index in [9.17, 15) is 9.59 Å². The van der Waals surface area contributed by atoms with Crippen molar-refractivity contribution in [3.8, 4) is 5.75 Å². The number of hydrogen-bond donors (Lipinski definition) is 1. The lowest BCUT2D eigenvalue weighted by Crippen LogP contribution is -2.11. The number of esters is 1. The van der Waals surface area contributed by atoms with Crippen molar-refractivity contribution in [2.24, 2.45) is 0 Å². The molecule has 0 atom stereocenters. The Kier molecular flexibility index (Phi) is 6.60. The highest BCUT2D eigenvalue weighted by Crippen LogP contribution is 2.27. The van der Waals surface area contributed by atoms with Crippen LogP contribution in [-0.4, -0.2) is 30.6 Å². The van der Waals surface area contributed by atoms with Crippen LogP contribution in [0.25, 0.3) is 10.2 Å². The van der Waals surface area contributed by atoms with Crippen LogP contribution in [0.3, 0.4) is 0 Å². The lowest BCUT2D eigenvalue weighted by molar-refractivity contribution is 0.0601. The summed E-state index contributed by atoms with van der Waals surface area (Å²) in [4.78, 5) is 28.6. The molecule has 1 aromatic heterocycles. The van der Waals surface area contributed by atoms with E-state index in [0.717, 1.165) is 24.0 Å². The second-order valence-electron chi connectivity index (χ2n) is 6.23. The van der Waals surface area contributed by atoms with Crippen molar-refractivity contribution in [3.63, 3.8) is 0 Å². The second-order valence-corrected chi connectivity index (χ2v) is 7.26. The van der Waals surface area contributed by atoms with Crippen LogP contribution in [0, 0.1) is 0 Å². The van der Waals surface area contributed by atoms with Gasteiger partial charge in [-0.05, 0) is 42.8 Å². The molecule has 1 heterocycles. The molecule has 0 aliphatic rings. The number of thiazole rings is 1. The fourth-order valence-corrected chi connectivity index (χ4v) is 3.56. The van der Waals surface area contributed by atoms with Gasteiger partial charge in [-0.3, -0.25) is 10.1 Å². The van der Waals surface area contributed by atoms with Gasteiger partial charge in [-0.25, -0.2) is 9.78 Å². The zero-order valence-electron chi connectivity index (χ0n) is 15.9. The van der Waals surface area contributed by atoms with Gasteiger partial charge >= 0.3 is 5.97 Å². The number of methoxy groups -OCH3 is 1. The van der Waals surface area contributed by atoms with Crippen molar-refractivity contribution in [2.45, 2.75) is 26.2 Å². The molecule has 0 aliphatic carbocycles. The summed E-state index contributed by atoms with van der Waals surface area (Å²) < 4.78 is 11.2. The maximum atomic E-state index is 12.6. The third-order valence-electron chi connectivity index (χ3n) is 4.14. The van der Waals surface area contributed by atoms with Crippen molar-refractivity contribution >= 4 is 38.6 Å². The molecule has 3 rings (SSSR count). The summed E-state index contributed by atoms with van der Waals surface area (Å²) >= 11 is 1.30. The van der Waals surface area contributed by atoms with Crippen LogP contribution in [-0.2, 0) is 4.74 Å². The molecule has 7 heteroatoms. The number of nitrogens with one attached hydrogen (secondary N) is 1. The summed E-state index contributed by atoms with van der Waals surface area (Å²) in [6.45, 7) is 2.78. The Balaban J connectivity index is 1.69. The topological polar surface area (TPSA) is 77.5 Å². The highest BCUT2D eigenvalue weighted by Gasteiger charge is 2.13. The fraction of sp³-hybridized carbons (Fsp3) is 0.286. The van der Waals surface area contributed by atoms with Crippen LogP contribution < -0.4 is 10.1 Å². The first kappa shape index (κ1) is 19.8. The number of fused-ring (bicyclic) bond motifs is 1. The third-order valence-corrected chi connectivity index (χ3v) is 5.08. The van der Waals surface area contributed by atoms with Gasteiger partial charge < -0.3 is 9.47 Å². The van der Waals surface area contributed by atoms with Gasteiger partial charge in [0.2, 0.25) is 0 Å². The predicted molar refractivity (Wildman–Crippen MR) is 110 cm³/mol. The number of anilines is 1. The van der Waals surface area contributed by atoms with Crippen LogP contribution in [0.5, 0.6) is 5.75 Å². The Morgan fingerprint density at radius 3 is 2.75 bits per heavy atom. The number of carbonyl (C=O) groups is 2. The van der Waals surface area contributed by atoms with Gasteiger partial charge in [0.25, 0.3) is 5.91 Å². The normalized spacial score (nSPS) is 10.6. The molecule has 0 aliphatic heterocycles. The molecule has 3 aromatic rings. The molecule has 0 spiro atoms. The van der Waals surface area contributed by atoms with E-state index >= 15 is 0 Å². The number of hydrogen-bond acceptors (Lipinski definition) is 6. The van der Waals surface area contributed by atoms with E-state index < -0.39 is 5.97 Å². The first-order chi connectivity index (χ1) is 13.6. The monoisotopic (exact) mass is 398 g/mol. The predicted octanol–water partition coefficient (Wildman–Crippen LogP) is 4.90. The summed E-state index contributed by atoms with van der Waals surface area (Å²) in [5, 5.41) is 3.28. The van der Waals surface area contributed by atoms with Crippen LogP contribution in [0.1, 0.15) is 46.9 Å². The van der Waals surface area contributed by atoms with Gasteiger partial charge in [-0.1, -0.05) is 37.2 Å². The van der Waals surface area contributed by atoms with E-state index in [4.69, 9.17) is 9.47 Å². The average molecular weight is 398 g/mol. The quantitative estimate of drug-likeness (QED) is 0.431. The zero-order valence-corrected chi connectivity index (χ0v) is 16.7. The molecule has 0 saturated carbocycles. The number of aromatic nitrogens is 1. The summed E-state index contributed by atoms with van der Waals surface area (Å²) in [7, 11) is 1.34. The summed E-state index contributed by atoms with van der Waals surface area (Å²) in [6, 6.07) is 12.2. The molecule has 146 valence electrons. The average Bonchev–Trinajstić information content (AvgIpc) is 3.12. The van der Waals surface area contributed by atoms with E-state index in [-0.39, 0.29) is 5.91 Å². The minimum absolute atomic E-state index is 0.258. The van der Waals surface area contributed by atoms with Crippen molar-refractivity contribution in [3.05, 3.63) is 53.6 Å². The van der Waals surface area contributed by atoms with Crippen LogP contribution in [0.4, 0.5) is 5.13 Å². The van der Waals surface area contributed by atoms with Gasteiger partial charge in [0.1, 0.15) is 5.75 Å². The summed E-state index contributed by atoms with van der Waals surface area (Å²) in [5.41, 5.74) is 1.66. The maximum absolute atomic E-state index is 12.6. The number of benzene rings is 2. The highest BCUT2D eigenvalue weighted by atomic mass is 32.1. The van der Waals surface area contributed by atoms with Crippen LogP contribution >= 0.6 is 11.3 Å². The Labute approximate surface area is 167 Å². The molecule has 6 nitrogen and oxygen atoms in total. The number of nitrogens with zero attached hydrogens (tertiary/aromatic N) is 1. The smallest absolute Gasteiger partial charge is 0.337 e. The van der Waals surface area contributed by atoms with Crippen LogP contribution in [0.2, 0.25) is 0 Å². The van der Waals surface area contributed by atoms with Crippen molar-refractivity contribution in [1.29, 1.82) is 0 Å². The van der Waals surface area contributed by atoms with Crippen molar-refractivity contribution in [1.82, 2.24) is 4.98 Å². The molecule has 1 amide bonds. The summed E-state index contributed by atoms with van der Waals surface area (Å²) in [6.07, 6.45) is 3.25. The molecule has 1 N–H and O–H groups in total. The molecular formula is C21H22N2O4S. The molecule has 0 radical (unpaired) electrons. The lowest BCUT2D eigenvalue weighted by atomic mass is 10.2. The number of carbonyl (C=O) groups excluding carboxylic acids is 2. The zero-order chi connectivity index (χ0) is 19.9. The van der Waals surface area contributed by atoms with E-state index in [0.29, 0.717) is 34.1 Å². The third kappa shape index (κ3) is 4.86. The van der Waals surface area contributed by atoms with Crippen LogP contribution in [0.15, 0.2) is 42.5 Å². The van der Waals surface area contributed by atoms with E-state index in [1.165, 1.54) is 18.4 Å². The molecule has 28 heavy (non-hydrogen) atoms. The maximum Gasteiger partial charge on any atom is 0.337 e. The minimum Gasteiger partial charge on any atom is -0.494 e. The van der Waals surface area contributed by atoms with E-state index in [2.05, 4.69) is 17.2 Å². The summed E-state index contributed by atoms with van der Waals surface area (Å²) in [5.74, 6) is 0.0127. The van der Waals surface area contributed by atoms with E-state index in [1.54, 1.807) is 36.4 Å². The van der Waals surface area contributed by atoms with E-state index in [1.807, 2.05) is 6.07 Å². The standard InChI is InChI=1S/C21H22N2O4S/c1-3-4-5-11-27-16-8-6-7-14(12-16)19(24)23-21-22-17-10-9-15(20(25)26-2)13-18(17)28-21/h6-10,12-13H,3-5,11H2,1-2H3,(H,22,23,24). The number of unbranched alkanes of at least 4 members (excludes halogenated alkanes) is 2. The highest BCUT2D eigenvalue weighted by molar-refractivity contribution is 7.22. The Morgan fingerprint density at radius 1 is 1.11 bits per heavy atom. The second kappa shape index (κ2) is 9.32. The Morgan fingerprint density at radius 2 is 1.96 bits per heavy atom. The largest absolute Gasteiger partial charge is 0.494 e. The fourth-order valence-electron chi connectivity index (χ4n) is 2.66. The first-order valence-corrected chi connectivity index (χ1v) is 9.95. The Hall–Kier alpha value is -2.93.